The first kappa shape index (κ1) is 13.3. The van der Waals surface area contributed by atoms with Gasteiger partial charge in [-0.1, -0.05) is 6.92 Å². The molecule has 0 bridgehead atoms. The Kier molecular flexibility index (Phi) is 4.66. The molecule has 5 nitrogen and oxygen atoms in total. The Balaban J connectivity index is 1.90. The summed E-state index contributed by atoms with van der Waals surface area (Å²) in [5, 5.41) is 3.33. The number of aromatic amines is 1. The monoisotopic (exact) mass is 260 g/mol. The first-order chi connectivity index (χ1) is 9.28. The first-order valence-electron chi connectivity index (χ1n) is 6.52. The van der Waals surface area contributed by atoms with Crippen molar-refractivity contribution in [2.24, 2.45) is 0 Å². The topological polar surface area (TPSA) is 76.0 Å². The van der Waals surface area contributed by atoms with E-state index in [-0.39, 0.29) is 0 Å². The van der Waals surface area contributed by atoms with Crippen molar-refractivity contribution >= 4 is 11.4 Å². The number of benzene rings is 1. The van der Waals surface area contributed by atoms with Crippen LogP contribution in [0.2, 0.25) is 0 Å². The average Bonchev–Trinajstić information content (AvgIpc) is 2.89. The average molecular weight is 260 g/mol. The second-order valence-corrected chi connectivity index (χ2v) is 4.39. The summed E-state index contributed by atoms with van der Waals surface area (Å²) in [4.78, 5) is 7.06. The van der Waals surface area contributed by atoms with Crippen molar-refractivity contribution in [2.45, 2.75) is 19.8 Å². The van der Waals surface area contributed by atoms with Crippen LogP contribution in [0.1, 0.15) is 19.0 Å². The highest BCUT2D eigenvalue weighted by atomic mass is 16.5. The summed E-state index contributed by atoms with van der Waals surface area (Å²) >= 11 is 0. The maximum atomic E-state index is 5.86. The van der Waals surface area contributed by atoms with Gasteiger partial charge in [-0.3, -0.25) is 0 Å². The number of H-pyrrole nitrogens is 1. The van der Waals surface area contributed by atoms with Gasteiger partial charge in [0, 0.05) is 48.4 Å². The minimum Gasteiger partial charge on any atom is -0.493 e. The maximum Gasteiger partial charge on any atom is 0.123 e. The number of aromatic nitrogens is 2. The molecule has 0 aliphatic rings. The van der Waals surface area contributed by atoms with Crippen molar-refractivity contribution in [1.82, 2.24) is 9.97 Å². The first-order valence-corrected chi connectivity index (χ1v) is 6.52. The van der Waals surface area contributed by atoms with E-state index < -0.39 is 0 Å². The van der Waals surface area contributed by atoms with Crippen LogP contribution in [-0.4, -0.2) is 23.1 Å². The number of hydrogen-bond donors (Lipinski definition) is 3. The van der Waals surface area contributed by atoms with Gasteiger partial charge in [-0.25, -0.2) is 4.98 Å². The molecule has 0 fully saturated rings. The van der Waals surface area contributed by atoms with E-state index in [1.54, 1.807) is 6.33 Å². The number of ether oxygens (including phenoxy) is 1. The van der Waals surface area contributed by atoms with Crippen LogP contribution in [0.25, 0.3) is 0 Å². The number of imidazole rings is 1. The predicted octanol–water partition coefficient (Wildman–Crippen LogP) is 2.44. The van der Waals surface area contributed by atoms with E-state index in [4.69, 9.17) is 10.5 Å². The lowest BCUT2D eigenvalue weighted by atomic mass is 10.2. The van der Waals surface area contributed by atoms with Gasteiger partial charge in [0.05, 0.1) is 12.9 Å². The molecule has 0 atom stereocenters. The SMILES string of the molecule is CCCOc1cc(N)cc(NCCc2cnc[nH]2)c1. The van der Waals surface area contributed by atoms with Gasteiger partial charge in [-0.15, -0.1) is 0 Å². The fourth-order valence-electron chi connectivity index (χ4n) is 1.79. The molecule has 1 aromatic carbocycles. The van der Waals surface area contributed by atoms with Crippen LogP contribution < -0.4 is 15.8 Å². The molecule has 0 unspecified atom stereocenters. The van der Waals surface area contributed by atoms with Crippen molar-refractivity contribution in [1.29, 1.82) is 0 Å². The summed E-state index contributed by atoms with van der Waals surface area (Å²) in [6, 6.07) is 5.72. The number of nitrogens with one attached hydrogen (secondary N) is 2. The number of anilines is 2. The summed E-state index contributed by atoms with van der Waals surface area (Å²) in [6.45, 7) is 3.60. The molecule has 0 aliphatic carbocycles. The van der Waals surface area contributed by atoms with Crippen molar-refractivity contribution in [3.8, 4) is 5.75 Å². The molecule has 0 amide bonds. The third kappa shape index (κ3) is 4.21. The molecule has 4 N–H and O–H groups in total. The molecule has 2 aromatic rings. The summed E-state index contributed by atoms with van der Waals surface area (Å²) in [5.74, 6) is 0.811. The second kappa shape index (κ2) is 6.68. The summed E-state index contributed by atoms with van der Waals surface area (Å²) < 4.78 is 5.59. The molecule has 1 heterocycles. The molecule has 2 rings (SSSR count). The zero-order chi connectivity index (χ0) is 13.5. The molecule has 0 saturated heterocycles. The zero-order valence-corrected chi connectivity index (χ0v) is 11.1. The summed E-state index contributed by atoms with van der Waals surface area (Å²) in [5.41, 5.74) is 8.65. The molecule has 102 valence electrons. The fourth-order valence-corrected chi connectivity index (χ4v) is 1.79. The fraction of sp³-hybridized carbons (Fsp3) is 0.357. The summed E-state index contributed by atoms with van der Waals surface area (Å²) in [6.07, 6.45) is 5.39. The van der Waals surface area contributed by atoms with Crippen molar-refractivity contribution < 1.29 is 4.74 Å². The lowest BCUT2D eigenvalue weighted by Gasteiger charge is -2.10. The third-order valence-corrected chi connectivity index (χ3v) is 2.68. The van der Waals surface area contributed by atoms with Crippen LogP contribution in [-0.2, 0) is 6.42 Å². The Labute approximate surface area is 113 Å². The van der Waals surface area contributed by atoms with Crippen LogP contribution in [0.5, 0.6) is 5.75 Å². The van der Waals surface area contributed by atoms with Crippen molar-refractivity contribution in [3.05, 3.63) is 36.4 Å². The van der Waals surface area contributed by atoms with Crippen molar-refractivity contribution in [3.63, 3.8) is 0 Å². The van der Waals surface area contributed by atoms with E-state index in [1.807, 2.05) is 24.4 Å². The van der Waals surface area contributed by atoms with E-state index in [1.165, 1.54) is 0 Å². The van der Waals surface area contributed by atoms with Crippen LogP contribution in [0.3, 0.4) is 0 Å². The number of nitrogens with two attached hydrogens (primary N) is 1. The number of hydrogen-bond acceptors (Lipinski definition) is 4. The minimum atomic E-state index is 0.705. The molecular weight excluding hydrogens is 240 g/mol. The van der Waals surface area contributed by atoms with Gasteiger partial charge in [0.15, 0.2) is 0 Å². The number of rotatable bonds is 7. The normalized spacial score (nSPS) is 10.4. The molecule has 19 heavy (non-hydrogen) atoms. The molecule has 0 aliphatic heterocycles. The lowest BCUT2D eigenvalue weighted by Crippen LogP contribution is -2.06. The van der Waals surface area contributed by atoms with E-state index >= 15 is 0 Å². The van der Waals surface area contributed by atoms with Crippen LogP contribution in [0.15, 0.2) is 30.7 Å². The Bertz CT molecular complexity index is 496. The van der Waals surface area contributed by atoms with Gasteiger partial charge >= 0.3 is 0 Å². The Hall–Kier alpha value is -2.17. The Morgan fingerprint density at radius 2 is 2.26 bits per heavy atom. The van der Waals surface area contributed by atoms with Gasteiger partial charge in [0.2, 0.25) is 0 Å². The largest absolute Gasteiger partial charge is 0.493 e. The van der Waals surface area contributed by atoms with E-state index in [9.17, 15) is 0 Å². The standard InChI is InChI=1S/C14H20N4O/c1-2-5-19-14-7-11(15)6-13(8-14)17-4-3-12-9-16-10-18-12/h6-10,17H,2-5,15H2,1H3,(H,16,18). The molecule has 5 heteroatoms. The van der Waals surface area contributed by atoms with Crippen molar-refractivity contribution in [2.75, 3.05) is 24.2 Å². The van der Waals surface area contributed by atoms with Crippen LogP contribution in [0, 0.1) is 0 Å². The highest BCUT2D eigenvalue weighted by Gasteiger charge is 2.00. The van der Waals surface area contributed by atoms with Gasteiger partial charge in [-0.2, -0.15) is 0 Å². The molecular formula is C14H20N4O. The number of nitrogens with zero attached hydrogens (tertiary/aromatic N) is 1. The molecule has 1 aromatic heterocycles. The van der Waals surface area contributed by atoms with Crippen LogP contribution in [0.4, 0.5) is 11.4 Å². The van der Waals surface area contributed by atoms with Gasteiger partial charge in [0.25, 0.3) is 0 Å². The van der Waals surface area contributed by atoms with Crippen LogP contribution >= 0.6 is 0 Å². The van der Waals surface area contributed by atoms with Gasteiger partial charge in [-0.05, 0) is 12.5 Å². The minimum absolute atomic E-state index is 0.705. The number of nitrogen functional groups attached to an aromatic ring is 1. The quantitative estimate of drug-likeness (QED) is 0.668. The zero-order valence-electron chi connectivity index (χ0n) is 11.1. The van der Waals surface area contributed by atoms with E-state index in [2.05, 4.69) is 22.2 Å². The Morgan fingerprint density at radius 1 is 1.37 bits per heavy atom. The summed E-state index contributed by atoms with van der Waals surface area (Å²) in [7, 11) is 0. The lowest BCUT2D eigenvalue weighted by molar-refractivity contribution is 0.318. The second-order valence-electron chi connectivity index (χ2n) is 4.39. The van der Waals surface area contributed by atoms with E-state index in [0.29, 0.717) is 12.3 Å². The highest BCUT2D eigenvalue weighted by molar-refractivity contribution is 5.59. The van der Waals surface area contributed by atoms with E-state index in [0.717, 1.165) is 36.5 Å². The highest BCUT2D eigenvalue weighted by Crippen LogP contribution is 2.22. The molecule has 0 spiro atoms. The Morgan fingerprint density at radius 3 is 3.00 bits per heavy atom. The third-order valence-electron chi connectivity index (χ3n) is 2.68. The smallest absolute Gasteiger partial charge is 0.123 e. The predicted molar refractivity (Wildman–Crippen MR) is 77.4 cm³/mol. The maximum absolute atomic E-state index is 5.86. The van der Waals surface area contributed by atoms with Gasteiger partial charge in [0.1, 0.15) is 5.75 Å². The molecule has 0 radical (unpaired) electrons. The van der Waals surface area contributed by atoms with Gasteiger partial charge < -0.3 is 20.8 Å². The molecule has 0 saturated carbocycles.